The second-order valence-corrected chi connectivity index (χ2v) is 7.32. The standard InChI is InChI=1S/C23H29FN2/c1-5-11-22(26(4)16-19-12-7-6-8-13-19)23(17-25,18(2)3)20-14-9-10-15-21(20)24/h6-10,12-15,18,22H,5,11,16H2,1-4H3. The molecule has 0 radical (unpaired) electrons. The summed E-state index contributed by atoms with van der Waals surface area (Å²) >= 11 is 0. The predicted molar refractivity (Wildman–Crippen MR) is 105 cm³/mol. The summed E-state index contributed by atoms with van der Waals surface area (Å²) in [6.07, 6.45) is 1.78. The lowest BCUT2D eigenvalue weighted by atomic mass is 9.65. The Morgan fingerprint density at radius 2 is 1.69 bits per heavy atom. The van der Waals surface area contributed by atoms with Crippen LogP contribution in [-0.4, -0.2) is 18.0 Å². The summed E-state index contributed by atoms with van der Waals surface area (Å²) in [6, 6.07) is 19.4. The van der Waals surface area contributed by atoms with Crippen molar-refractivity contribution >= 4 is 0 Å². The van der Waals surface area contributed by atoms with Gasteiger partial charge in [0.1, 0.15) is 11.2 Å². The number of nitrogens with zero attached hydrogens (tertiary/aromatic N) is 2. The maximum atomic E-state index is 14.8. The molecule has 2 aromatic rings. The van der Waals surface area contributed by atoms with Gasteiger partial charge in [0.05, 0.1) is 6.07 Å². The van der Waals surface area contributed by atoms with E-state index < -0.39 is 5.41 Å². The molecule has 26 heavy (non-hydrogen) atoms. The highest BCUT2D eigenvalue weighted by molar-refractivity contribution is 5.37. The van der Waals surface area contributed by atoms with E-state index in [9.17, 15) is 9.65 Å². The smallest absolute Gasteiger partial charge is 0.128 e. The van der Waals surface area contributed by atoms with Crippen LogP contribution in [0.4, 0.5) is 4.39 Å². The molecule has 0 N–H and O–H groups in total. The molecule has 2 aromatic carbocycles. The second kappa shape index (κ2) is 8.96. The minimum absolute atomic E-state index is 0.0147. The molecular weight excluding hydrogens is 323 g/mol. The summed E-state index contributed by atoms with van der Waals surface area (Å²) in [4.78, 5) is 2.22. The Kier molecular flexibility index (Phi) is 6.94. The molecule has 0 saturated carbocycles. The highest BCUT2D eigenvalue weighted by Gasteiger charge is 2.46. The van der Waals surface area contributed by atoms with E-state index in [4.69, 9.17) is 0 Å². The average molecular weight is 352 g/mol. The molecule has 0 spiro atoms. The maximum Gasteiger partial charge on any atom is 0.128 e. The van der Waals surface area contributed by atoms with Gasteiger partial charge in [-0.1, -0.05) is 75.7 Å². The third kappa shape index (κ3) is 3.97. The zero-order valence-corrected chi connectivity index (χ0v) is 16.2. The molecular formula is C23H29FN2. The first-order valence-electron chi connectivity index (χ1n) is 9.37. The molecule has 2 rings (SSSR count). The van der Waals surface area contributed by atoms with Crippen LogP contribution in [0, 0.1) is 23.1 Å². The van der Waals surface area contributed by atoms with E-state index in [0.29, 0.717) is 5.56 Å². The van der Waals surface area contributed by atoms with Crippen molar-refractivity contribution in [3.63, 3.8) is 0 Å². The van der Waals surface area contributed by atoms with Gasteiger partial charge in [-0.3, -0.25) is 4.90 Å². The molecule has 2 nitrogen and oxygen atoms in total. The summed E-state index contributed by atoms with van der Waals surface area (Å²) in [5.74, 6) is -0.309. The first kappa shape index (κ1) is 20.1. The SMILES string of the molecule is CCCC(N(C)Cc1ccccc1)C(C#N)(c1ccccc1F)C(C)C. The molecule has 0 fully saturated rings. The van der Waals surface area contributed by atoms with Gasteiger partial charge >= 0.3 is 0 Å². The van der Waals surface area contributed by atoms with E-state index >= 15 is 0 Å². The monoisotopic (exact) mass is 352 g/mol. The Labute approximate surface area is 157 Å². The molecule has 0 aliphatic heterocycles. The summed E-state index contributed by atoms with van der Waals surface area (Å²) in [5, 5.41) is 10.3. The summed E-state index contributed by atoms with van der Waals surface area (Å²) in [5.41, 5.74) is 0.807. The fourth-order valence-corrected chi connectivity index (χ4v) is 3.99. The lowest BCUT2D eigenvalue weighted by Gasteiger charge is -2.44. The zero-order chi connectivity index (χ0) is 19.2. The third-order valence-corrected chi connectivity index (χ3v) is 5.31. The molecule has 2 atom stereocenters. The van der Waals surface area contributed by atoms with Crippen LogP contribution in [0.25, 0.3) is 0 Å². The Balaban J connectivity index is 2.51. The Morgan fingerprint density at radius 1 is 1.08 bits per heavy atom. The van der Waals surface area contributed by atoms with E-state index in [1.54, 1.807) is 12.1 Å². The van der Waals surface area contributed by atoms with E-state index in [2.05, 4.69) is 30.0 Å². The van der Waals surface area contributed by atoms with Crippen LogP contribution in [-0.2, 0) is 12.0 Å². The largest absolute Gasteiger partial charge is 0.297 e. The Morgan fingerprint density at radius 3 is 2.23 bits per heavy atom. The van der Waals surface area contributed by atoms with Crippen molar-refractivity contribution in [3.05, 3.63) is 71.5 Å². The van der Waals surface area contributed by atoms with Gasteiger partial charge in [-0.25, -0.2) is 4.39 Å². The fourth-order valence-electron chi connectivity index (χ4n) is 3.99. The van der Waals surface area contributed by atoms with Crippen molar-refractivity contribution in [1.29, 1.82) is 5.26 Å². The summed E-state index contributed by atoms with van der Waals surface area (Å²) in [7, 11) is 2.04. The van der Waals surface area contributed by atoms with Gasteiger partial charge in [0, 0.05) is 18.2 Å². The lowest BCUT2D eigenvalue weighted by Crippen LogP contribution is -2.51. The number of benzene rings is 2. The van der Waals surface area contributed by atoms with Crippen molar-refractivity contribution in [3.8, 4) is 6.07 Å². The van der Waals surface area contributed by atoms with Gasteiger partial charge in [-0.05, 0) is 31.0 Å². The molecule has 2 unspecified atom stereocenters. The highest BCUT2D eigenvalue weighted by Crippen LogP contribution is 2.41. The summed E-state index contributed by atoms with van der Waals surface area (Å²) < 4.78 is 14.8. The first-order chi connectivity index (χ1) is 12.5. The maximum absolute atomic E-state index is 14.8. The fraction of sp³-hybridized carbons (Fsp3) is 0.435. The topological polar surface area (TPSA) is 27.0 Å². The second-order valence-electron chi connectivity index (χ2n) is 7.32. The predicted octanol–water partition coefficient (Wildman–Crippen LogP) is 5.54. The number of hydrogen-bond acceptors (Lipinski definition) is 2. The van der Waals surface area contributed by atoms with Crippen LogP contribution < -0.4 is 0 Å². The molecule has 0 amide bonds. The van der Waals surface area contributed by atoms with Gasteiger partial charge < -0.3 is 0 Å². The summed E-state index contributed by atoms with van der Waals surface area (Å²) in [6.45, 7) is 6.90. The molecule has 0 heterocycles. The molecule has 138 valence electrons. The van der Waals surface area contributed by atoms with Crippen molar-refractivity contribution in [2.24, 2.45) is 5.92 Å². The molecule has 3 heteroatoms. The normalized spacial score (nSPS) is 14.8. The lowest BCUT2D eigenvalue weighted by molar-refractivity contribution is 0.125. The van der Waals surface area contributed by atoms with Gasteiger partial charge in [0.2, 0.25) is 0 Å². The zero-order valence-electron chi connectivity index (χ0n) is 16.2. The van der Waals surface area contributed by atoms with Gasteiger partial charge in [-0.15, -0.1) is 0 Å². The quantitative estimate of drug-likeness (QED) is 0.623. The van der Waals surface area contributed by atoms with Crippen molar-refractivity contribution in [2.75, 3.05) is 7.05 Å². The number of rotatable bonds is 8. The average Bonchev–Trinajstić information content (AvgIpc) is 2.63. The van der Waals surface area contributed by atoms with Crippen LogP contribution >= 0.6 is 0 Å². The number of likely N-dealkylation sites (N-methyl/N-ethyl adjacent to an activating group) is 1. The van der Waals surface area contributed by atoms with Crippen molar-refractivity contribution in [1.82, 2.24) is 4.90 Å². The highest BCUT2D eigenvalue weighted by atomic mass is 19.1. The van der Waals surface area contributed by atoms with E-state index in [0.717, 1.165) is 19.4 Å². The molecule has 0 aliphatic rings. The van der Waals surface area contributed by atoms with Crippen LogP contribution in [0.2, 0.25) is 0 Å². The van der Waals surface area contributed by atoms with Gasteiger partial charge in [0.25, 0.3) is 0 Å². The van der Waals surface area contributed by atoms with Crippen LogP contribution in [0.5, 0.6) is 0 Å². The first-order valence-corrected chi connectivity index (χ1v) is 9.37. The third-order valence-electron chi connectivity index (χ3n) is 5.31. The number of hydrogen-bond donors (Lipinski definition) is 0. The Hall–Kier alpha value is -2.18. The number of halogens is 1. The minimum Gasteiger partial charge on any atom is -0.297 e. The van der Waals surface area contributed by atoms with Crippen LogP contribution in [0.15, 0.2) is 54.6 Å². The van der Waals surface area contributed by atoms with Crippen LogP contribution in [0.3, 0.4) is 0 Å². The number of nitriles is 1. The van der Waals surface area contributed by atoms with E-state index in [1.165, 1.54) is 11.6 Å². The molecule has 0 aromatic heterocycles. The van der Waals surface area contributed by atoms with Crippen LogP contribution in [0.1, 0.15) is 44.7 Å². The minimum atomic E-state index is -0.898. The van der Waals surface area contributed by atoms with E-state index in [1.807, 2.05) is 45.2 Å². The molecule has 0 saturated heterocycles. The van der Waals surface area contributed by atoms with Gasteiger partial charge in [0.15, 0.2) is 0 Å². The van der Waals surface area contributed by atoms with E-state index in [-0.39, 0.29) is 17.8 Å². The van der Waals surface area contributed by atoms with Crippen molar-refractivity contribution < 1.29 is 4.39 Å². The van der Waals surface area contributed by atoms with Crippen molar-refractivity contribution in [2.45, 2.75) is 51.6 Å². The Bertz CT molecular complexity index is 735. The van der Waals surface area contributed by atoms with Gasteiger partial charge in [-0.2, -0.15) is 5.26 Å². The molecule has 0 bridgehead atoms. The molecule has 0 aliphatic carbocycles.